The van der Waals surface area contributed by atoms with E-state index in [1.807, 2.05) is 38.1 Å². The van der Waals surface area contributed by atoms with Crippen LogP contribution in [0.15, 0.2) is 42.5 Å². The van der Waals surface area contributed by atoms with Crippen LogP contribution in [-0.2, 0) is 9.59 Å². The van der Waals surface area contributed by atoms with Crippen LogP contribution in [0.1, 0.15) is 30.0 Å². The number of aryl methyl sites for hydroxylation is 2. The maximum absolute atomic E-state index is 12.2. The van der Waals surface area contributed by atoms with Gasteiger partial charge in [-0.15, -0.1) is 0 Å². The fraction of sp³-hybridized carbons (Fsp3) is 0.250. The lowest BCUT2D eigenvalue weighted by molar-refractivity contribution is -0.117. The molecule has 2 aromatic rings. The molecule has 0 radical (unpaired) electrons. The number of benzene rings is 2. The highest BCUT2D eigenvalue weighted by Crippen LogP contribution is 2.19. The Morgan fingerprint density at radius 1 is 1.12 bits per heavy atom. The molecular weight excluding hydrogens is 314 g/mol. The standard InChI is InChI=1S/C20H21N3O2/c1-14-7-8-19(11-15(14)2)23(16(3)24)10-9-20(25)22-18-6-4-5-17(12-18)13-21/h4-8,11-12H,9-10H2,1-3H3,(H,22,25). The van der Waals surface area contributed by atoms with Crippen LogP contribution in [-0.4, -0.2) is 18.4 Å². The van der Waals surface area contributed by atoms with Gasteiger partial charge in [-0.2, -0.15) is 5.26 Å². The molecule has 0 atom stereocenters. The van der Waals surface area contributed by atoms with E-state index in [1.54, 1.807) is 29.2 Å². The Labute approximate surface area is 147 Å². The van der Waals surface area contributed by atoms with Crippen molar-refractivity contribution in [2.75, 3.05) is 16.8 Å². The average Bonchev–Trinajstić information content (AvgIpc) is 2.58. The van der Waals surface area contributed by atoms with Gasteiger partial charge in [0.2, 0.25) is 11.8 Å². The van der Waals surface area contributed by atoms with Crippen molar-refractivity contribution >= 4 is 23.2 Å². The first-order valence-corrected chi connectivity index (χ1v) is 8.06. The molecule has 0 saturated heterocycles. The first-order chi connectivity index (χ1) is 11.9. The number of carbonyl (C=O) groups is 2. The fourth-order valence-corrected chi connectivity index (χ4v) is 2.47. The summed E-state index contributed by atoms with van der Waals surface area (Å²) < 4.78 is 0. The zero-order valence-electron chi connectivity index (χ0n) is 14.7. The number of amides is 2. The highest BCUT2D eigenvalue weighted by molar-refractivity contribution is 5.95. The minimum atomic E-state index is -0.204. The molecule has 0 aliphatic heterocycles. The summed E-state index contributed by atoms with van der Waals surface area (Å²) in [6.45, 7) is 5.79. The third-order valence-electron chi connectivity index (χ3n) is 4.02. The van der Waals surface area contributed by atoms with E-state index in [2.05, 4.69) is 5.32 Å². The number of hydrogen-bond donors (Lipinski definition) is 1. The number of rotatable bonds is 5. The van der Waals surface area contributed by atoms with Gasteiger partial charge in [-0.05, 0) is 55.3 Å². The quantitative estimate of drug-likeness (QED) is 0.908. The molecule has 0 saturated carbocycles. The molecule has 2 amide bonds. The Morgan fingerprint density at radius 3 is 2.52 bits per heavy atom. The summed E-state index contributed by atoms with van der Waals surface area (Å²) in [6.07, 6.45) is 0.170. The topological polar surface area (TPSA) is 73.2 Å². The van der Waals surface area contributed by atoms with Gasteiger partial charge >= 0.3 is 0 Å². The monoisotopic (exact) mass is 335 g/mol. The van der Waals surface area contributed by atoms with E-state index in [0.29, 0.717) is 17.8 Å². The minimum absolute atomic E-state index is 0.109. The molecule has 1 N–H and O–H groups in total. The minimum Gasteiger partial charge on any atom is -0.326 e. The maximum Gasteiger partial charge on any atom is 0.226 e. The third kappa shape index (κ3) is 4.92. The summed E-state index contributed by atoms with van der Waals surface area (Å²) in [5, 5.41) is 11.6. The van der Waals surface area contributed by atoms with E-state index in [4.69, 9.17) is 5.26 Å². The van der Waals surface area contributed by atoms with Gasteiger partial charge in [0.05, 0.1) is 11.6 Å². The molecule has 0 heterocycles. The normalized spacial score (nSPS) is 10.0. The van der Waals surface area contributed by atoms with Crippen molar-refractivity contribution in [3.8, 4) is 6.07 Å². The lowest BCUT2D eigenvalue weighted by atomic mass is 10.1. The molecule has 2 aromatic carbocycles. The molecule has 5 heteroatoms. The van der Waals surface area contributed by atoms with Crippen molar-refractivity contribution in [1.29, 1.82) is 5.26 Å². The summed E-state index contributed by atoms with van der Waals surface area (Å²) in [5.74, 6) is -0.312. The van der Waals surface area contributed by atoms with Crippen molar-refractivity contribution in [2.45, 2.75) is 27.2 Å². The van der Waals surface area contributed by atoms with E-state index in [-0.39, 0.29) is 18.2 Å². The molecular formula is C20H21N3O2. The number of nitrogens with zero attached hydrogens (tertiary/aromatic N) is 2. The predicted molar refractivity (Wildman–Crippen MR) is 98.3 cm³/mol. The smallest absolute Gasteiger partial charge is 0.226 e. The van der Waals surface area contributed by atoms with Crippen LogP contribution in [0.5, 0.6) is 0 Å². The SMILES string of the molecule is CC(=O)N(CCC(=O)Nc1cccc(C#N)c1)c1ccc(C)c(C)c1. The zero-order chi connectivity index (χ0) is 18.4. The summed E-state index contributed by atoms with van der Waals surface area (Å²) in [6, 6.07) is 14.6. The predicted octanol–water partition coefficient (Wildman–Crippen LogP) is 3.56. The van der Waals surface area contributed by atoms with Gasteiger partial charge < -0.3 is 10.2 Å². The average molecular weight is 335 g/mol. The number of carbonyl (C=O) groups excluding carboxylic acids is 2. The molecule has 0 unspecified atom stereocenters. The molecule has 0 aromatic heterocycles. The Hall–Kier alpha value is -3.13. The molecule has 128 valence electrons. The summed E-state index contributed by atoms with van der Waals surface area (Å²) in [5.41, 5.74) is 4.10. The van der Waals surface area contributed by atoms with Gasteiger partial charge in [0.25, 0.3) is 0 Å². The number of anilines is 2. The zero-order valence-corrected chi connectivity index (χ0v) is 14.7. The van der Waals surface area contributed by atoms with Gasteiger partial charge in [-0.1, -0.05) is 12.1 Å². The fourth-order valence-electron chi connectivity index (χ4n) is 2.47. The van der Waals surface area contributed by atoms with Crippen molar-refractivity contribution in [2.24, 2.45) is 0 Å². The summed E-state index contributed by atoms with van der Waals surface area (Å²) >= 11 is 0. The van der Waals surface area contributed by atoms with Crippen LogP contribution >= 0.6 is 0 Å². The molecule has 0 bridgehead atoms. The first-order valence-electron chi connectivity index (χ1n) is 8.06. The Balaban J connectivity index is 2.03. The third-order valence-corrected chi connectivity index (χ3v) is 4.02. The van der Waals surface area contributed by atoms with Crippen molar-refractivity contribution in [3.63, 3.8) is 0 Å². The Bertz CT molecular complexity index is 837. The summed E-state index contributed by atoms with van der Waals surface area (Å²) in [7, 11) is 0. The van der Waals surface area contributed by atoms with Crippen LogP contribution in [0, 0.1) is 25.2 Å². The van der Waals surface area contributed by atoms with Gasteiger partial charge in [-0.25, -0.2) is 0 Å². The van der Waals surface area contributed by atoms with E-state index < -0.39 is 0 Å². The highest BCUT2D eigenvalue weighted by atomic mass is 16.2. The maximum atomic E-state index is 12.2. The largest absolute Gasteiger partial charge is 0.326 e. The van der Waals surface area contributed by atoms with E-state index in [9.17, 15) is 9.59 Å². The second kappa shape index (κ2) is 8.11. The van der Waals surface area contributed by atoms with Gasteiger partial charge in [0.1, 0.15) is 0 Å². The molecule has 2 rings (SSSR count). The lowest BCUT2D eigenvalue weighted by Crippen LogP contribution is -2.32. The molecule has 5 nitrogen and oxygen atoms in total. The number of nitriles is 1. The number of hydrogen-bond acceptors (Lipinski definition) is 3. The number of nitrogens with one attached hydrogen (secondary N) is 1. The second-order valence-corrected chi connectivity index (χ2v) is 5.93. The van der Waals surface area contributed by atoms with Crippen LogP contribution in [0.3, 0.4) is 0 Å². The molecule has 0 aliphatic carbocycles. The van der Waals surface area contributed by atoms with Crippen molar-refractivity contribution in [1.82, 2.24) is 0 Å². The second-order valence-electron chi connectivity index (χ2n) is 5.93. The van der Waals surface area contributed by atoms with Crippen LogP contribution in [0.25, 0.3) is 0 Å². The van der Waals surface area contributed by atoms with Gasteiger partial charge in [0.15, 0.2) is 0 Å². The van der Waals surface area contributed by atoms with E-state index in [0.717, 1.165) is 16.8 Å². The Morgan fingerprint density at radius 2 is 1.88 bits per heavy atom. The van der Waals surface area contributed by atoms with Crippen molar-refractivity contribution < 1.29 is 9.59 Å². The van der Waals surface area contributed by atoms with Crippen LogP contribution in [0.2, 0.25) is 0 Å². The molecule has 0 fully saturated rings. The van der Waals surface area contributed by atoms with Gasteiger partial charge in [0, 0.05) is 31.3 Å². The van der Waals surface area contributed by atoms with E-state index >= 15 is 0 Å². The molecule has 0 spiro atoms. The van der Waals surface area contributed by atoms with Crippen LogP contribution < -0.4 is 10.2 Å². The van der Waals surface area contributed by atoms with Crippen molar-refractivity contribution in [3.05, 3.63) is 59.2 Å². The lowest BCUT2D eigenvalue weighted by Gasteiger charge is -2.22. The highest BCUT2D eigenvalue weighted by Gasteiger charge is 2.14. The van der Waals surface area contributed by atoms with Gasteiger partial charge in [-0.3, -0.25) is 9.59 Å². The Kier molecular flexibility index (Phi) is 5.91. The first kappa shape index (κ1) is 18.2. The molecule has 0 aliphatic rings. The summed E-state index contributed by atoms with van der Waals surface area (Å²) in [4.78, 5) is 25.7. The molecule has 25 heavy (non-hydrogen) atoms. The van der Waals surface area contributed by atoms with E-state index in [1.165, 1.54) is 6.92 Å². The van der Waals surface area contributed by atoms with Crippen LogP contribution in [0.4, 0.5) is 11.4 Å².